The van der Waals surface area contributed by atoms with Crippen molar-refractivity contribution < 1.29 is 18.3 Å². The highest BCUT2D eigenvalue weighted by molar-refractivity contribution is 7.90. The molecular weight excluding hydrogens is 280 g/mol. The molecule has 0 spiro atoms. The maximum atomic E-state index is 11.6. The Hall–Kier alpha value is -2.15. The number of hydrogen-bond donors (Lipinski definition) is 1. The zero-order chi connectivity index (χ0) is 15.1. The van der Waals surface area contributed by atoms with E-state index in [1.165, 1.54) is 16.8 Å². The number of carbonyl (C=O) groups is 1. The van der Waals surface area contributed by atoms with E-state index in [1.807, 2.05) is 0 Å². The van der Waals surface area contributed by atoms with Crippen LogP contribution in [0, 0.1) is 6.92 Å². The van der Waals surface area contributed by atoms with E-state index in [9.17, 15) is 13.2 Å². The Morgan fingerprint density at radius 3 is 2.40 bits per heavy atom. The minimum atomic E-state index is -3.27. The highest BCUT2D eigenvalue weighted by atomic mass is 32.2. The Morgan fingerprint density at radius 2 is 1.95 bits per heavy atom. The molecule has 106 valence electrons. The van der Waals surface area contributed by atoms with Crippen LogP contribution in [-0.4, -0.2) is 35.5 Å². The van der Waals surface area contributed by atoms with Crippen LogP contribution in [0.3, 0.4) is 0 Å². The van der Waals surface area contributed by atoms with Gasteiger partial charge in [-0.05, 0) is 30.7 Å². The second-order valence-corrected chi connectivity index (χ2v) is 6.58. The van der Waals surface area contributed by atoms with E-state index in [1.54, 1.807) is 26.1 Å². The van der Waals surface area contributed by atoms with Crippen molar-refractivity contribution >= 4 is 15.8 Å². The van der Waals surface area contributed by atoms with Gasteiger partial charge < -0.3 is 5.11 Å². The third-order valence-electron chi connectivity index (χ3n) is 2.97. The topological polar surface area (TPSA) is 89.3 Å². The van der Waals surface area contributed by atoms with Gasteiger partial charge in [-0.3, -0.25) is 4.68 Å². The summed E-state index contributed by atoms with van der Waals surface area (Å²) < 4.78 is 24.6. The van der Waals surface area contributed by atoms with Crippen LogP contribution in [0.1, 0.15) is 16.1 Å². The summed E-state index contributed by atoms with van der Waals surface area (Å²) in [4.78, 5) is 11.2. The minimum absolute atomic E-state index is 0.0488. The number of carboxylic acid groups (broad SMARTS) is 1. The summed E-state index contributed by atoms with van der Waals surface area (Å²) >= 11 is 0. The van der Waals surface area contributed by atoms with Crippen molar-refractivity contribution in [3.8, 4) is 11.3 Å². The molecule has 0 saturated heterocycles. The molecule has 2 aromatic rings. The van der Waals surface area contributed by atoms with E-state index < -0.39 is 15.8 Å². The number of aromatic nitrogens is 2. The zero-order valence-electron chi connectivity index (χ0n) is 11.3. The number of hydrogen-bond acceptors (Lipinski definition) is 4. The van der Waals surface area contributed by atoms with Gasteiger partial charge in [0.1, 0.15) is 0 Å². The molecule has 7 heteroatoms. The molecule has 1 N–H and O–H groups in total. The van der Waals surface area contributed by atoms with E-state index in [4.69, 9.17) is 5.11 Å². The average molecular weight is 294 g/mol. The highest BCUT2D eigenvalue weighted by Crippen LogP contribution is 2.25. The molecule has 0 bridgehead atoms. The van der Waals surface area contributed by atoms with Gasteiger partial charge in [0.2, 0.25) is 0 Å². The maximum Gasteiger partial charge on any atom is 0.356 e. The Bertz CT molecular complexity index is 791. The van der Waals surface area contributed by atoms with E-state index in [2.05, 4.69) is 5.10 Å². The highest BCUT2D eigenvalue weighted by Gasteiger charge is 2.15. The smallest absolute Gasteiger partial charge is 0.356 e. The average Bonchev–Trinajstić information content (AvgIpc) is 2.69. The third-order valence-corrected chi connectivity index (χ3v) is 4.23. The Labute approximate surface area is 116 Å². The summed E-state index contributed by atoms with van der Waals surface area (Å²) in [5.74, 6) is -1.10. The van der Waals surface area contributed by atoms with Crippen molar-refractivity contribution in [3.63, 3.8) is 0 Å². The van der Waals surface area contributed by atoms with Crippen LogP contribution in [0.4, 0.5) is 0 Å². The molecule has 0 aliphatic rings. The fourth-order valence-electron chi connectivity index (χ4n) is 2.07. The van der Waals surface area contributed by atoms with E-state index >= 15 is 0 Å². The van der Waals surface area contributed by atoms with Crippen molar-refractivity contribution in [2.45, 2.75) is 11.8 Å². The van der Waals surface area contributed by atoms with Crippen LogP contribution >= 0.6 is 0 Å². The van der Waals surface area contributed by atoms with E-state index in [0.717, 1.165) is 11.8 Å². The predicted molar refractivity (Wildman–Crippen MR) is 73.5 cm³/mol. The molecule has 1 aromatic carbocycles. The lowest BCUT2D eigenvalue weighted by Crippen LogP contribution is -2.01. The van der Waals surface area contributed by atoms with Crippen molar-refractivity contribution in [1.82, 2.24) is 9.78 Å². The number of rotatable bonds is 3. The number of aryl methyl sites for hydroxylation is 2. The lowest BCUT2D eigenvalue weighted by molar-refractivity contribution is 0.0689. The summed E-state index contributed by atoms with van der Waals surface area (Å²) in [7, 11) is -1.63. The van der Waals surface area contributed by atoms with Crippen molar-refractivity contribution in [2.75, 3.05) is 6.26 Å². The van der Waals surface area contributed by atoms with Crippen LogP contribution in [0.25, 0.3) is 11.3 Å². The van der Waals surface area contributed by atoms with Crippen LogP contribution in [0.2, 0.25) is 0 Å². The summed E-state index contributed by atoms with van der Waals surface area (Å²) in [6, 6.07) is 6.33. The molecule has 0 aliphatic heterocycles. The maximum absolute atomic E-state index is 11.6. The van der Waals surface area contributed by atoms with Crippen LogP contribution in [-0.2, 0) is 16.9 Å². The van der Waals surface area contributed by atoms with Gasteiger partial charge in [0, 0.05) is 18.9 Å². The monoisotopic (exact) mass is 294 g/mol. The first-order chi connectivity index (χ1) is 9.20. The van der Waals surface area contributed by atoms with Gasteiger partial charge in [0.15, 0.2) is 15.5 Å². The largest absolute Gasteiger partial charge is 0.476 e. The van der Waals surface area contributed by atoms with E-state index in [0.29, 0.717) is 11.3 Å². The van der Waals surface area contributed by atoms with Gasteiger partial charge in [-0.15, -0.1) is 0 Å². The Morgan fingerprint density at radius 1 is 1.30 bits per heavy atom. The predicted octanol–water partition coefficient (Wildman–Crippen LogP) is 1.50. The quantitative estimate of drug-likeness (QED) is 0.926. The van der Waals surface area contributed by atoms with Crippen molar-refractivity contribution in [3.05, 3.63) is 35.5 Å². The molecule has 1 aromatic heterocycles. The zero-order valence-corrected chi connectivity index (χ0v) is 12.1. The van der Waals surface area contributed by atoms with Gasteiger partial charge in [0.25, 0.3) is 0 Å². The fourth-order valence-corrected chi connectivity index (χ4v) is 3.03. The van der Waals surface area contributed by atoms with Gasteiger partial charge in [0.05, 0.1) is 10.6 Å². The summed E-state index contributed by atoms with van der Waals surface area (Å²) in [6.07, 6.45) is 1.15. The molecule has 0 unspecified atom stereocenters. The standard InChI is InChI=1S/C13H14N2O4S/c1-8-6-9(4-5-12(8)20(3,18)19)11-7-10(13(16)17)14-15(11)2/h4-7H,1-3H3,(H,16,17). The van der Waals surface area contributed by atoms with E-state index in [-0.39, 0.29) is 10.6 Å². The third kappa shape index (κ3) is 2.57. The number of carboxylic acids is 1. The number of aromatic carboxylic acids is 1. The normalized spacial score (nSPS) is 11.6. The molecule has 0 saturated carbocycles. The second-order valence-electron chi connectivity index (χ2n) is 4.60. The lowest BCUT2D eigenvalue weighted by atomic mass is 10.1. The Kier molecular flexibility index (Phi) is 3.39. The Balaban J connectivity index is 2.55. The molecule has 0 atom stereocenters. The number of benzene rings is 1. The second kappa shape index (κ2) is 4.75. The molecule has 1 heterocycles. The first kappa shape index (κ1) is 14.3. The summed E-state index contributed by atoms with van der Waals surface area (Å²) in [5, 5.41) is 12.8. The molecule has 6 nitrogen and oxygen atoms in total. The van der Waals surface area contributed by atoms with Gasteiger partial charge in [-0.25, -0.2) is 13.2 Å². The molecule has 20 heavy (non-hydrogen) atoms. The number of sulfone groups is 1. The number of nitrogens with zero attached hydrogens (tertiary/aromatic N) is 2. The lowest BCUT2D eigenvalue weighted by Gasteiger charge is -2.07. The molecule has 0 aliphatic carbocycles. The van der Waals surface area contributed by atoms with Crippen LogP contribution < -0.4 is 0 Å². The molecule has 0 radical (unpaired) electrons. The van der Waals surface area contributed by atoms with Crippen LogP contribution in [0.5, 0.6) is 0 Å². The summed E-state index contributed by atoms with van der Waals surface area (Å²) in [5.41, 5.74) is 1.90. The first-order valence-electron chi connectivity index (χ1n) is 5.78. The summed E-state index contributed by atoms with van der Waals surface area (Å²) in [6.45, 7) is 1.70. The minimum Gasteiger partial charge on any atom is -0.476 e. The molecule has 2 rings (SSSR count). The fraction of sp³-hybridized carbons (Fsp3) is 0.231. The molecule has 0 amide bonds. The van der Waals surface area contributed by atoms with Gasteiger partial charge >= 0.3 is 5.97 Å². The first-order valence-corrected chi connectivity index (χ1v) is 7.67. The van der Waals surface area contributed by atoms with Gasteiger partial charge in [-0.1, -0.05) is 6.07 Å². The molecular formula is C13H14N2O4S. The van der Waals surface area contributed by atoms with Gasteiger partial charge in [-0.2, -0.15) is 5.10 Å². The molecule has 0 fully saturated rings. The SMILES string of the molecule is Cc1cc(-c2cc(C(=O)O)nn2C)ccc1S(C)(=O)=O. The van der Waals surface area contributed by atoms with Crippen molar-refractivity contribution in [2.24, 2.45) is 7.05 Å². The van der Waals surface area contributed by atoms with Crippen molar-refractivity contribution in [1.29, 1.82) is 0 Å². The van der Waals surface area contributed by atoms with Crippen LogP contribution in [0.15, 0.2) is 29.2 Å².